The molecule has 1 atom stereocenters. The van der Waals surface area contributed by atoms with Crippen molar-refractivity contribution >= 4 is 6.09 Å². The first-order chi connectivity index (χ1) is 11.0. The van der Waals surface area contributed by atoms with Crippen LogP contribution >= 0.6 is 0 Å². The van der Waals surface area contributed by atoms with Gasteiger partial charge in [0.15, 0.2) is 0 Å². The van der Waals surface area contributed by atoms with Crippen molar-refractivity contribution in [3.05, 3.63) is 23.3 Å². The molecule has 0 aromatic heterocycles. The lowest BCUT2D eigenvalue weighted by molar-refractivity contribution is 0.0194. The number of carbonyl (C=O) groups is 1. The standard InChI is InChI=1S/C20H35NO3/c1-8-15(3)20(23,16(4)9-2)13-12-17-11-10-14-21(17)18(22)24-19(5,6)7/h8-9,17,23H,10-14H2,1-7H3/b15-8+,16-9+/t17-/m0/s1. The van der Waals surface area contributed by atoms with E-state index in [-0.39, 0.29) is 12.1 Å². The highest BCUT2D eigenvalue weighted by molar-refractivity contribution is 5.68. The van der Waals surface area contributed by atoms with Crippen molar-refractivity contribution in [3.8, 4) is 0 Å². The predicted octanol–water partition coefficient (Wildman–Crippen LogP) is 4.83. The van der Waals surface area contributed by atoms with Gasteiger partial charge in [0.1, 0.15) is 11.2 Å². The van der Waals surface area contributed by atoms with Crippen LogP contribution in [0.15, 0.2) is 23.3 Å². The van der Waals surface area contributed by atoms with E-state index < -0.39 is 11.2 Å². The monoisotopic (exact) mass is 337 g/mol. The highest BCUT2D eigenvalue weighted by Crippen LogP contribution is 2.34. The maximum atomic E-state index is 12.4. The van der Waals surface area contributed by atoms with Crippen molar-refractivity contribution in [1.29, 1.82) is 0 Å². The van der Waals surface area contributed by atoms with Crippen LogP contribution < -0.4 is 0 Å². The third-order valence-electron chi connectivity index (χ3n) is 5.02. The Hall–Kier alpha value is -1.29. The average Bonchev–Trinajstić information content (AvgIpc) is 2.97. The number of carbonyl (C=O) groups excluding carboxylic acids is 1. The summed E-state index contributed by atoms with van der Waals surface area (Å²) in [7, 11) is 0. The van der Waals surface area contributed by atoms with Gasteiger partial charge in [-0.25, -0.2) is 4.79 Å². The van der Waals surface area contributed by atoms with Crippen LogP contribution in [0.2, 0.25) is 0 Å². The van der Waals surface area contributed by atoms with E-state index in [0.29, 0.717) is 6.42 Å². The van der Waals surface area contributed by atoms with E-state index in [9.17, 15) is 9.90 Å². The second-order valence-corrected chi connectivity index (χ2v) is 7.81. The number of amides is 1. The van der Waals surface area contributed by atoms with Crippen LogP contribution in [0.3, 0.4) is 0 Å². The van der Waals surface area contributed by atoms with Gasteiger partial charge in [-0.2, -0.15) is 0 Å². The van der Waals surface area contributed by atoms with Gasteiger partial charge in [-0.05, 0) is 85.3 Å². The maximum Gasteiger partial charge on any atom is 0.410 e. The number of rotatable bonds is 5. The average molecular weight is 338 g/mol. The molecule has 0 spiro atoms. The summed E-state index contributed by atoms with van der Waals surface area (Å²) in [6.07, 6.45) is 7.04. The minimum absolute atomic E-state index is 0.140. The molecule has 0 aromatic rings. The number of hydrogen-bond donors (Lipinski definition) is 1. The number of nitrogens with zero attached hydrogens (tertiary/aromatic N) is 1. The Labute approximate surface area is 147 Å². The lowest BCUT2D eigenvalue weighted by Gasteiger charge is -2.34. The summed E-state index contributed by atoms with van der Waals surface area (Å²) in [6.45, 7) is 14.2. The molecule has 4 nitrogen and oxygen atoms in total. The van der Waals surface area contributed by atoms with Crippen molar-refractivity contribution < 1.29 is 14.6 Å². The Morgan fingerprint density at radius 2 is 1.75 bits per heavy atom. The lowest BCUT2D eigenvalue weighted by Crippen LogP contribution is -2.41. The zero-order valence-electron chi connectivity index (χ0n) is 16.5. The van der Waals surface area contributed by atoms with Gasteiger partial charge in [0.25, 0.3) is 0 Å². The molecule has 1 amide bonds. The Morgan fingerprint density at radius 1 is 1.21 bits per heavy atom. The summed E-state index contributed by atoms with van der Waals surface area (Å²) in [5.74, 6) is 0. The molecule has 0 radical (unpaired) electrons. The van der Waals surface area contributed by atoms with E-state index in [1.807, 2.05) is 65.5 Å². The minimum Gasteiger partial charge on any atom is -0.444 e. The summed E-state index contributed by atoms with van der Waals surface area (Å²) >= 11 is 0. The van der Waals surface area contributed by atoms with Gasteiger partial charge in [-0.1, -0.05) is 12.2 Å². The van der Waals surface area contributed by atoms with E-state index in [0.717, 1.165) is 37.0 Å². The molecule has 1 saturated heterocycles. The second-order valence-electron chi connectivity index (χ2n) is 7.81. The molecule has 0 aliphatic carbocycles. The van der Waals surface area contributed by atoms with Crippen molar-refractivity contribution in [2.75, 3.05) is 6.54 Å². The van der Waals surface area contributed by atoms with Gasteiger partial charge in [-0.3, -0.25) is 0 Å². The fraction of sp³-hybridized carbons (Fsp3) is 0.750. The van der Waals surface area contributed by atoms with Crippen molar-refractivity contribution in [1.82, 2.24) is 4.90 Å². The number of ether oxygens (including phenoxy) is 1. The molecule has 0 unspecified atom stereocenters. The highest BCUT2D eigenvalue weighted by atomic mass is 16.6. The molecule has 1 fully saturated rings. The molecule has 1 aliphatic rings. The van der Waals surface area contributed by atoms with Crippen LogP contribution in [0.1, 0.15) is 74.1 Å². The summed E-state index contributed by atoms with van der Waals surface area (Å²) in [5.41, 5.74) is 0.513. The number of likely N-dealkylation sites (tertiary alicyclic amines) is 1. The molecule has 24 heavy (non-hydrogen) atoms. The molecule has 138 valence electrons. The van der Waals surface area contributed by atoms with Crippen LogP contribution in [0.25, 0.3) is 0 Å². The molecule has 1 heterocycles. The minimum atomic E-state index is -0.925. The molecule has 0 aromatic carbocycles. The zero-order valence-corrected chi connectivity index (χ0v) is 16.5. The van der Waals surface area contributed by atoms with E-state index in [1.165, 1.54) is 0 Å². The molecule has 1 rings (SSSR count). The van der Waals surface area contributed by atoms with Crippen LogP contribution in [0.5, 0.6) is 0 Å². The lowest BCUT2D eigenvalue weighted by atomic mass is 9.81. The zero-order chi connectivity index (χ0) is 18.5. The molecule has 0 bridgehead atoms. The predicted molar refractivity (Wildman–Crippen MR) is 99.0 cm³/mol. The molecule has 0 saturated carbocycles. The van der Waals surface area contributed by atoms with E-state index in [1.54, 1.807) is 0 Å². The number of hydrogen-bond acceptors (Lipinski definition) is 3. The first kappa shape index (κ1) is 20.8. The molecular weight excluding hydrogens is 302 g/mol. The summed E-state index contributed by atoms with van der Waals surface area (Å²) < 4.78 is 5.52. The highest BCUT2D eigenvalue weighted by Gasteiger charge is 2.36. The second kappa shape index (κ2) is 8.19. The largest absolute Gasteiger partial charge is 0.444 e. The van der Waals surface area contributed by atoms with Gasteiger partial charge in [0.05, 0.1) is 0 Å². The van der Waals surface area contributed by atoms with Crippen LogP contribution in [-0.4, -0.2) is 39.9 Å². The first-order valence-corrected chi connectivity index (χ1v) is 9.04. The van der Waals surface area contributed by atoms with Gasteiger partial charge in [-0.15, -0.1) is 0 Å². The van der Waals surface area contributed by atoms with Crippen LogP contribution in [0, 0.1) is 0 Å². The number of allylic oxidation sites excluding steroid dienone is 2. The van der Waals surface area contributed by atoms with Gasteiger partial charge in [0.2, 0.25) is 0 Å². The Kier molecular flexibility index (Phi) is 7.09. The first-order valence-electron chi connectivity index (χ1n) is 9.04. The Bertz CT molecular complexity index is 482. The fourth-order valence-corrected chi connectivity index (χ4v) is 3.26. The van der Waals surface area contributed by atoms with Gasteiger partial charge < -0.3 is 14.7 Å². The van der Waals surface area contributed by atoms with E-state index in [2.05, 4.69) is 0 Å². The summed E-state index contributed by atoms with van der Waals surface area (Å²) in [5, 5.41) is 11.1. The Balaban J connectivity index is 2.82. The van der Waals surface area contributed by atoms with Crippen LogP contribution in [0.4, 0.5) is 4.79 Å². The fourth-order valence-electron chi connectivity index (χ4n) is 3.26. The van der Waals surface area contributed by atoms with E-state index >= 15 is 0 Å². The third kappa shape index (κ3) is 5.10. The molecular formula is C20H35NO3. The van der Waals surface area contributed by atoms with Gasteiger partial charge in [0, 0.05) is 12.6 Å². The van der Waals surface area contributed by atoms with Gasteiger partial charge >= 0.3 is 6.09 Å². The van der Waals surface area contributed by atoms with Crippen molar-refractivity contribution in [2.24, 2.45) is 0 Å². The molecule has 1 N–H and O–H groups in total. The van der Waals surface area contributed by atoms with Crippen molar-refractivity contribution in [2.45, 2.75) is 91.4 Å². The SMILES string of the molecule is C/C=C(\C)C(O)(CC[C@@H]1CCCN1C(=O)OC(C)(C)C)/C(C)=C/C. The molecule has 4 heteroatoms. The topological polar surface area (TPSA) is 49.8 Å². The van der Waals surface area contributed by atoms with E-state index in [4.69, 9.17) is 4.74 Å². The number of aliphatic hydroxyl groups is 1. The smallest absolute Gasteiger partial charge is 0.410 e. The maximum absolute atomic E-state index is 12.4. The third-order valence-corrected chi connectivity index (χ3v) is 5.02. The van der Waals surface area contributed by atoms with Crippen molar-refractivity contribution in [3.63, 3.8) is 0 Å². The normalized spacial score (nSPS) is 22.5. The Morgan fingerprint density at radius 3 is 2.21 bits per heavy atom. The summed E-state index contributed by atoms with van der Waals surface area (Å²) in [4.78, 5) is 14.2. The summed E-state index contributed by atoms with van der Waals surface area (Å²) in [6, 6.07) is 0.140. The molecule has 1 aliphatic heterocycles. The van der Waals surface area contributed by atoms with Crippen LogP contribution in [-0.2, 0) is 4.74 Å². The quantitative estimate of drug-likeness (QED) is 0.731.